The summed E-state index contributed by atoms with van der Waals surface area (Å²) in [6, 6.07) is 8.15. The summed E-state index contributed by atoms with van der Waals surface area (Å²) >= 11 is 0. The summed E-state index contributed by atoms with van der Waals surface area (Å²) in [5, 5.41) is 29.5. The summed E-state index contributed by atoms with van der Waals surface area (Å²) < 4.78 is 5.74. The van der Waals surface area contributed by atoms with E-state index in [9.17, 15) is 15.4 Å². The minimum Gasteiger partial charge on any atom is -0.419 e. The SMILES string of the molecule is N#Cc1nc(-c2ccccc2[N+](=O)[O-])oc1N1CCN(CCO)CC1. The van der Waals surface area contributed by atoms with Crippen molar-refractivity contribution in [2.45, 2.75) is 0 Å². The molecule has 0 spiro atoms. The van der Waals surface area contributed by atoms with Crippen molar-refractivity contribution >= 4 is 11.6 Å². The number of nitriles is 1. The molecule has 0 amide bonds. The number of aliphatic hydroxyl groups excluding tert-OH is 1. The van der Waals surface area contributed by atoms with Gasteiger partial charge in [-0.2, -0.15) is 10.2 Å². The number of nitro groups is 1. The second-order valence-electron chi connectivity index (χ2n) is 5.61. The van der Waals surface area contributed by atoms with E-state index in [4.69, 9.17) is 9.52 Å². The second-order valence-corrected chi connectivity index (χ2v) is 5.61. The Morgan fingerprint density at radius 3 is 2.68 bits per heavy atom. The lowest BCUT2D eigenvalue weighted by Gasteiger charge is -2.34. The summed E-state index contributed by atoms with van der Waals surface area (Å²) in [7, 11) is 0. The molecule has 1 aromatic carbocycles. The smallest absolute Gasteiger partial charge is 0.282 e. The molecule has 25 heavy (non-hydrogen) atoms. The van der Waals surface area contributed by atoms with Gasteiger partial charge in [0, 0.05) is 38.8 Å². The third-order valence-electron chi connectivity index (χ3n) is 4.12. The summed E-state index contributed by atoms with van der Waals surface area (Å²) in [4.78, 5) is 18.8. The molecule has 130 valence electrons. The van der Waals surface area contributed by atoms with Crippen molar-refractivity contribution in [3.63, 3.8) is 0 Å². The van der Waals surface area contributed by atoms with Crippen LogP contribution < -0.4 is 4.90 Å². The van der Waals surface area contributed by atoms with Crippen LogP contribution in [0.5, 0.6) is 0 Å². The molecule has 1 aliphatic rings. The first-order valence-corrected chi connectivity index (χ1v) is 7.87. The third kappa shape index (κ3) is 3.45. The van der Waals surface area contributed by atoms with Crippen LogP contribution >= 0.6 is 0 Å². The molecule has 2 heterocycles. The second kappa shape index (κ2) is 7.29. The molecule has 0 bridgehead atoms. The van der Waals surface area contributed by atoms with Gasteiger partial charge in [-0.15, -0.1) is 0 Å². The fourth-order valence-electron chi connectivity index (χ4n) is 2.84. The number of anilines is 1. The van der Waals surface area contributed by atoms with Crippen molar-refractivity contribution in [1.82, 2.24) is 9.88 Å². The number of para-hydroxylation sites is 1. The van der Waals surface area contributed by atoms with Gasteiger partial charge in [0.1, 0.15) is 11.6 Å². The zero-order valence-corrected chi connectivity index (χ0v) is 13.5. The van der Waals surface area contributed by atoms with Crippen LogP contribution in [0.4, 0.5) is 11.6 Å². The average Bonchev–Trinajstić information content (AvgIpc) is 3.07. The van der Waals surface area contributed by atoms with E-state index in [0.717, 1.165) is 13.1 Å². The van der Waals surface area contributed by atoms with Gasteiger partial charge in [-0.3, -0.25) is 15.0 Å². The molecule has 1 saturated heterocycles. The van der Waals surface area contributed by atoms with Gasteiger partial charge in [0.05, 0.1) is 11.5 Å². The summed E-state index contributed by atoms with van der Waals surface area (Å²) in [6.07, 6.45) is 0. The number of aliphatic hydroxyl groups is 1. The molecule has 0 radical (unpaired) electrons. The Balaban J connectivity index is 1.89. The Morgan fingerprint density at radius 1 is 1.32 bits per heavy atom. The van der Waals surface area contributed by atoms with Crippen LogP contribution in [0.2, 0.25) is 0 Å². The van der Waals surface area contributed by atoms with Gasteiger partial charge in [-0.25, -0.2) is 0 Å². The van der Waals surface area contributed by atoms with E-state index in [1.807, 2.05) is 11.0 Å². The van der Waals surface area contributed by atoms with E-state index in [0.29, 0.717) is 25.5 Å². The molecule has 0 saturated carbocycles. The van der Waals surface area contributed by atoms with E-state index in [1.54, 1.807) is 18.2 Å². The summed E-state index contributed by atoms with van der Waals surface area (Å²) in [5.41, 5.74) is 0.241. The number of hydrogen-bond acceptors (Lipinski definition) is 8. The van der Waals surface area contributed by atoms with Crippen LogP contribution in [-0.4, -0.2) is 59.2 Å². The summed E-state index contributed by atoms with van der Waals surface area (Å²) in [6.45, 7) is 3.42. The molecule has 9 heteroatoms. The fraction of sp³-hybridized carbons (Fsp3) is 0.375. The molecular formula is C16H17N5O4. The lowest BCUT2D eigenvalue weighted by Crippen LogP contribution is -2.47. The molecule has 1 aromatic heterocycles. The Kier molecular flexibility index (Phi) is 4.92. The minimum absolute atomic E-state index is 0.0663. The lowest BCUT2D eigenvalue weighted by atomic mass is 10.2. The van der Waals surface area contributed by atoms with Gasteiger partial charge in [0.25, 0.3) is 5.69 Å². The van der Waals surface area contributed by atoms with Gasteiger partial charge in [0.15, 0.2) is 0 Å². The molecule has 2 aromatic rings. The molecule has 3 rings (SSSR count). The fourth-order valence-corrected chi connectivity index (χ4v) is 2.84. The van der Waals surface area contributed by atoms with E-state index in [-0.39, 0.29) is 29.4 Å². The molecule has 0 aliphatic carbocycles. The van der Waals surface area contributed by atoms with E-state index in [2.05, 4.69) is 9.88 Å². The highest BCUT2D eigenvalue weighted by molar-refractivity contribution is 5.69. The van der Waals surface area contributed by atoms with Crippen LogP contribution in [0, 0.1) is 21.4 Å². The third-order valence-corrected chi connectivity index (χ3v) is 4.12. The molecule has 1 aliphatic heterocycles. The van der Waals surface area contributed by atoms with E-state index >= 15 is 0 Å². The van der Waals surface area contributed by atoms with Gasteiger partial charge >= 0.3 is 0 Å². The van der Waals surface area contributed by atoms with Crippen molar-refractivity contribution in [2.24, 2.45) is 0 Å². The van der Waals surface area contributed by atoms with Gasteiger partial charge in [-0.1, -0.05) is 12.1 Å². The Hall–Kier alpha value is -2.96. The number of β-amino-alcohol motifs (C(OH)–C–C–N with tert-alkyl or cyclic N) is 1. The molecule has 1 N–H and O–H groups in total. The standard InChI is InChI=1S/C16H17N5O4/c17-11-13-16(20-7-5-19(6-8-20)9-10-22)25-15(18-13)12-3-1-2-4-14(12)21(23)24/h1-4,22H,5-10H2. The van der Waals surface area contributed by atoms with Crippen molar-refractivity contribution < 1.29 is 14.4 Å². The zero-order chi connectivity index (χ0) is 17.8. The van der Waals surface area contributed by atoms with Crippen LogP contribution in [-0.2, 0) is 0 Å². The highest BCUT2D eigenvalue weighted by Crippen LogP contribution is 2.33. The first-order valence-electron chi connectivity index (χ1n) is 7.87. The molecule has 1 fully saturated rings. The van der Waals surface area contributed by atoms with Crippen molar-refractivity contribution in [3.8, 4) is 17.5 Å². The number of oxazole rings is 1. The number of hydrogen-bond donors (Lipinski definition) is 1. The quantitative estimate of drug-likeness (QED) is 0.636. The molecule has 0 unspecified atom stereocenters. The number of rotatable bonds is 5. The number of piperazine rings is 1. The zero-order valence-electron chi connectivity index (χ0n) is 13.5. The topological polar surface area (TPSA) is 120 Å². The first kappa shape index (κ1) is 16.9. The number of nitro benzene ring substituents is 1. The Bertz CT molecular complexity index is 805. The predicted molar refractivity (Wildman–Crippen MR) is 89.0 cm³/mol. The largest absolute Gasteiger partial charge is 0.419 e. The molecule has 0 atom stereocenters. The van der Waals surface area contributed by atoms with Crippen LogP contribution in [0.1, 0.15) is 5.69 Å². The van der Waals surface area contributed by atoms with Crippen molar-refractivity contribution in [3.05, 3.63) is 40.1 Å². The van der Waals surface area contributed by atoms with E-state index in [1.165, 1.54) is 6.07 Å². The minimum atomic E-state index is -0.501. The normalized spacial score (nSPS) is 15.1. The molecule has 9 nitrogen and oxygen atoms in total. The average molecular weight is 343 g/mol. The highest BCUT2D eigenvalue weighted by Gasteiger charge is 2.26. The first-order chi connectivity index (χ1) is 12.1. The van der Waals surface area contributed by atoms with Crippen LogP contribution in [0.3, 0.4) is 0 Å². The van der Waals surface area contributed by atoms with Gasteiger partial charge < -0.3 is 14.4 Å². The Labute approximate surface area is 143 Å². The number of benzene rings is 1. The Morgan fingerprint density at radius 2 is 2.04 bits per heavy atom. The van der Waals surface area contributed by atoms with Crippen molar-refractivity contribution in [1.29, 1.82) is 5.26 Å². The maximum absolute atomic E-state index is 11.2. The maximum atomic E-state index is 11.2. The van der Waals surface area contributed by atoms with E-state index < -0.39 is 4.92 Å². The monoisotopic (exact) mass is 343 g/mol. The molecular weight excluding hydrogens is 326 g/mol. The van der Waals surface area contributed by atoms with Gasteiger partial charge in [0.2, 0.25) is 17.5 Å². The van der Waals surface area contributed by atoms with Crippen LogP contribution in [0.25, 0.3) is 11.5 Å². The van der Waals surface area contributed by atoms with Crippen LogP contribution in [0.15, 0.2) is 28.7 Å². The highest BCUT2D eigenvalue weighted by atomic mass is 16.6. The number of nitrogens with zero attached hydrogens (tertiary/aromatic N) is 5. The predicted octanol–water partition coefficient (Wildman–Crippen LogP) is 1.24. The maximum Gasteiger partial charge on any atom is 0.282 e. The lowest BCUT2D eigenvalue weighted by molar-refractivity contribution is -0.384. The summed E-state index contributed by atoms with van der Waals surface area (Å²) in [5.74, 6) is 0.399. The van der Waals surface area contributed by atoms with Gasteiger partial charge in [-0.05, 0) is 6.07 Å². The van der Waals surface area contributed by atoms with Crippen molar-refractivity contribution in [2.75, 3.05) is 44.2 Å². The number of aromatic nitrogens is 1.